The third-order valence-electron chi connectivity index (χ3n) is 8.93. The third-order valence-corrected chi connectivity index (χ3v) is 9.72. The summed E-state index contributed by atoms with van der Waals surface area (Å²) in [6.07, 6.45) is 5.52. The van der Waals surface area contributed by atoms with Gasteiger partial charge in [0.05, 0.1) is 17.8 Å². The standard InChI is InChI=1S/C34H47N7O6S/c1-8-27(39(6)31(43)34(37-29(42)21-48(7,45)46)16-11-13-23-12-9-10-14-25(23)34)26-18-28-36-30(22(2)19-41(28)38-26)40-17-15-24(20-40)35-32(44)47-33(3,4)5/h9-10,12,14,18-19,24,27H,8,11,13,15-17,20-21H2,1-7H3,(H,35,44)(H,37,42)/t24-,27-,34?/m0/s1. The number of hydrogen-bond acceptors (Lipinski definition) is 9. The van der Waals surface area contributed by atoms with Gasteiger partial charge in [-0.1, -0.05) is 31.2 Å². The predicted molar refractivity (Wildman–Crippen MR) is 182 cm³/mol. The molecule has 1 fully saturated rings. The number of carbonyl (C=O) groups is 3. The Kier molecular flexibility index (Phi) is 9.78. The molecule has 14 heteroatoms. The average Bonchev–Trinajstić information content (AvgIpc) is 3.61. The minimum Gasteiger partial charge on any atom is -0.444 e. The van der Waals surface area contributed by atoms with Crippen molar-refractivity contribution >= 4 is 39.2 Å². The minimum atomic E-state index is -3.62. The molecule has 2 aromatic heterocycles. The summed E-state index contributed by atoms with van der Waals surface area (Å²) in [5, 5.41) is 10.7. The van der Waals surface area contributed by atoms with Gasteiger partial charge in [0.1, 0.15) is 22.7 Å². The number of ether oxygens (including phenoxy) is 1. The number of aryl methyl sites for hydroxylation is 2. The van der Waals surface area contributed by atoms with E-state index in [1.54, 1.807) is 16.5 Å². The van der Waals surface area contributed by atoms with E-state index >= 15 is 0 Å². The van der Waals surface area contributed by atoms with Crippen molar-refractivity contribution in [1.29, 1.82) is 0 Å². The van der Waals surface area contributed by atoms with E-state index in [1.165, 1.54) is 0 Å². The van der Waals surface area contributed by atoms with Gasteiger partial charge in [-0.3, -0.25) is 9.59 Å². The molecule has 2 aliphatic rings. The van der Waals surface area contributed by atoms with Crippen LogP contribution in [0.2, 0.25) is 0 Å². The van der Waals surface area contributed by atoms with Crippen LogP contribution in [0.3, 0.4) is 0 Å². The van der Waals surface area contributed by atoms with Crippen LogP contribution in [0.25, 0.3) is 5.65 Å². The van der Waals surface area contributed by atoms with Gasteiger partial charge in [0.15, 0.2) is 15.5 Å². The van der Waals surface area contributed by atoms with E-state index in [0.717, 1.165) is 42.6 Å². The van der Waals surface area contributed by atoms with Crippen molar-refractivity contribution in [2.24, 2.45) is 0 Å². The van der Waals surface area contributed by atoms with E-state index in [-0.39, 0.29) is 11.9 Å². The van der Waals surface area contributed by atoms with Crippen molar-refractivity contribution in [2.75, 3.05) is 37.0 Å². The molecule has 13 nitrogen and oxygen atoms in total. The minimum absolute atomic E-state index is 0.0722. The van der Waals surface area contributed by atoms with E-state index in [0.29, 0.717) is 42.7 Å². The Morgan fingerprint density at radius 1 is 1.21 bits per heavy atom. The lowest BCUT2D eigenvalue weighted by molar-refractivity contribution is -0.143. The normalized spacial score (nSPS) is 20.2. The number of nitrogens with zero attached hydrogens (tertiary/aromatic N) is 5. The zero-order valence-electron chi connectivity index (χ0n) is 28.9. The van der Waals surface area contributed by atoms with Gasteiger partial charge < -0.3 is 25.2 Å². The molecule has 1 aliphatic heterocycles. The van der Waals surface area contributed by atoms with E-state index in [4.69, 9.17) is 14.8 Å². The number of fused-ring (bicyclic) bond motifs is 2. The maximum absolute atomic E-state index is 14.6. The molecule has 1 aromatic carbocycles. The number of amides is 3. The Hall–Kier alpha value is -4.20. The number of sulfone groups is 1. The molecule has 3 amide bonds. The van der Waals surface area contributed by atoms with Crippen LogP contribution in [0.4, 0.5) is 10.6 Å². The molecule has 260 valence electrons. The Morgan fingerprint density at radius 3 is 2.62 bits per heavy atom. The van der Waals surface area contributed by atoms with Crippen LogP contribution in [0.5, 0.6) is 0 Å². The number of benzene rings is 1. The van der Waals surface area contributed by atoms with Crippen molar-refractivity contribution < 1.29 is 27.5 Å². The third kappa shape index (κ3) is 7.58. The zero-order chi connectivity index (χ0) is 35.0. The molecular weight excluding hydrogens is 634 g/mol. The maximum Gasteiger partial charge on any atom is 0.407 e. The Morgan fingerprint density at radius 2 is 1.94 bits per heavy atom. The molecule has 3 heterocycles. The summed E-state index contributed by atoms with van der Waals surface area (Å²) in [7, 11) is -1.91. The second kappa shape index (κ2) is 13.4. The van der Waals surface area contributed by atoms with Gasteiger partial charge in [-0.15, -0.1) is 0 Å². The van der Waals surface area contributed by atoms with Gasteiger partial charge in [-0.05, 0) is 70.9 Å². The molecule has 0 radical (unpaired) electrons. The van der Waals surface area contributed by atoms with E-state index in [1.807, 2.05) is 71.1 Å². The number of nitrogens with one attached hydrogen (secondary N) is 2. The summed E-state index contributed by atoms with van der Waals surface area (Å²) < 4.78 is 31.1. The Bertz CT molecular complexity index is 1820. The zero-order valence-corrected chi connectivity index (χ0v) is 29.7. The van der Waals surface area contributed by atoms with Crippen molar-refractivity contribution in [3.8, 4) is 0 Å². The molecule has 1 aliphatic carbocycles. The second-order valence-electron chi connectivity index (χ2n) is 14.1. The average molecular weight is 682 g/mol. The highest BCUT2D eigenvalue weighted by Crippen LogP contribution is 2.39. The van der Waals surface area contributed by atoms with Crippen molar-refractivity contribution in [2.45, 2.75) is 89.9 Å². The van der Waals surface area contributed by atoms with Crippen LogP contribution in [0.15, 0.2) is 36.5 Å². The highest BCUT2D eigenvalue weighted by Gasteiger charge is 2.47. The molecule has 0 saturated carbocycles. The number of likely N-dealkylation sites (N-methyl/N-ethyl adjacent to an activating group) is 1. The molecule has 48 heavy (non-hydrogen) atoms. The molecule has 0 bridgehead atoms. The molecule has 0 spiro atoms. The molecule has 2 N–H and O–H groups in total. The fourth-order valence-corrected chi connectivity index (χ4v) is 7.47. The highest BCUT2D eigenvalue weighted by atomic mass is 32.2. The summed E-state index contributed by atoms with van der Waals surface area (Å²) in [4.78, 5) is 48.7. The van der Waals surface area contributed by atoms with Gasteiger partial charge in [0.2, 0.25) is 5.91 Å². The highest BCUT2D eigenvalue weighted by molar-refractivity contribution is 7.91. The van der Waals surface area contributed by atoms with Crippen LogP contribution < -0.4 is 15.5 Å². The lowest BCUT2D eigenvalue weighted by atomic mass is 9.75. The summed E-state index contributed by atoms with van der Waals surface area (Å²) in [6, 6.07) is 8.86. The smallest absolute Gasteiger partial charge is 0.407 e. The number of rotatable bonds is 9. The first kappa shape index (κ1) is 35.1. The molecule has 5 rings (SSSR count). The van der Waals surface area contributed by atoms with Gasteiger partial charge in [0, 0.05) is 44.2 Å². The number of anilines is 1. The SMILES string of the molecule is CC[C@@H](c1cc2nc(N3CC[C@H](NC(=O)OC(C)(C)C)C3)c(C)cn2n1)N(C)C(=O)C1(NC(=O)CS(C)(=O)=O)CCCc2ccccc21. The summed E-state index contributed by atoms with van der Waals surface area (Å²) >= 11 is 0. The number of hydrogen-bond donors (Lipinski definition) is 2. The molecule has 3 atom stereocenters. The summed E-state index contributed by atoms with van der Waals surface area (Å²) in [5.41, 5.74) is 1.82. The first-order chi connectivity index (χ1) is 22.5. The van der Waals surface area contributed by atoms with Crippen LogP contribution in [-0.4, -0.2) is 89.6 Å². The first-order valence-electron chi connectivity index (χ1n) is 16.5. The topological polar surface area (TPSA) is 155 Å². The second-order valence-corrected chi connectivity index (χ2v) is 16.2. The van der Waals surface area contributed by atoms with Crippen LogP contribution in [-0.2, 0) is 36.1 Å². The lowest BCUT2D eigenvalue weighted by Crippen LogP contribution is -2.59. The predicted octanol–water partition coefficient (Wildman–Crippen LogP) is 3.44. The number of aromatic nitrogens is 3. The fourth-order valence-electron chi connectivity index (χ4n) is 6.92. The van der Waals surface area contributed by atoms with E-state index < -0.39 is 44.8 Å². The first-order valence-corrected chi connectivity index (χ1v) is 18.5. The number of alkyl carbamates (subject to hydrolysis) is 1. The van der Waals surface area contributed by atoms with Crippen LogP contribution >= 0.6 is 0 Å². The van der Waals surface area contributed by atoms with Crippen LogP contribution in [0.1, 0.15) is 81.8 Å². The maximum atomic E-state index is 14.6. The quantitative estimate of drug-likeness (QED) is 0.346. The fraction of sp³-hybridized carbons (Fsp3) is 0.559. The Balaban J connectivity index is 1.40. The molecule has 3 aromatic rings. The van der Waals surface area contributed by atoms with Gasteiger partial charge >= 0.3 is 6.09 Å². The monoisotopic (exact) mass is 681 g/mol. The van der Waals surface area contributed by atoms with Crippen LogP contribution in [0, 0.1) is 6.92 Å². The van der Waals surface area contributed by atoms with Gasteiger partial charge in [0.25, 0.3) is 5.91 Å². The van der Waals surface area contributed by atoms with Crippen molar-refractivity contribution in [1.82, 2.24) is 30.1 Å². The number of carbonyl (C=O) groups excluding carboxylic acids is 3. The molecule has 1 saturated heterocycles. The Labute approximate surface area is 282 Å². The summed E-state index contributed by atoms with van der Waals surface area (Å²) in [6.45, 7) is 10.7. The van der Waals surface area contributed by atoms with Gasteiger partial charge in [-0.2, -0.15) is 5.10 Å². The van der Waals surface area contributed by atoms with E-state index in [9.17, 15) is 22.8 Å². The largest absolute Gasteiger partial charge is 0.444 e. The summed E-state index contributed by atoms with van der Waals surface area (Å²) in [5.74, 6) is -0.953. The van der Waals surface area contributed by atoms with E-state index in [2.05, 4.69) is 15.5 Å². The molecule has 1 unspecified atom stereocenters. The lowest BCUT2D eigenvalue weighted by Gasteiger charge is -2.42. The molecular formula is C34H47N7O6S. The van der Waals surface area contributed by atoms with Gasteiger partial charge in [-0.25, -0.2) is 22.7 Å². The van der Waals surface area contributed by atoms with Crippen molar-refractivity contribution in [3.05, 3.63) is 58.9 Å². The van der Waals surface area contributed by atoms with Crippen molar-refractivity contribution in [3.63, 3.8) is 0 Å².